The van der Waals surface area contributed by atoms with Gasteiger partial charge in [0.05, 0.1) is 12.7 Å². The predicted octanol–water partition coefficient (Wildman–Crippen LogP) is 5.85. The Morgan fingerprint density at radius 1 is 0.950 bits per heavy atom. The minimum atomic E-state index is -0.588. The number of methoxy groups -OCH3 is 1. The lowest BCUT2D eigenvalue weighted by atomic mass is 10.1. The van der Waals surface area contributed by atoms with Crippen molar-refractivity contribution in [2.24, 2.45) is 0 Å². The first-order valence-electron chi connectivity index (χ1n) is 13.0. The SMILES string of the molecule is COc1cc(/C=C(/C#N)c2nnc3n2CCCCC3)ccc1OC(=O)COc1ccc(Oc2ccccc2)cc1. The summed E-state index contributed by atoms with van der Waals surface area (Å²) in [5, 5.41) is 18.4. The first kappa shape index (κ1) is 26.5. The van der Waals surface area contributed by atoms with Crippen molar-refractivity contribution in [2.45, 2.75) is 32.2 Å². The number of allylic oxidation sites excluding steroid dienone is 1. The van der Waals surface area contributed by atoms with Crippen LogP contribution in [0, 0.1) is 11.3 Å². The van der Waals surface area contributed by atoms with Crippen LogP contribution in [0.25, 0.3) is 11.6 Å². The highest BCUT2D eigenvalue weighted by atomic mass is 16.6. The molecule has 1 aromatic heterocycles. The topological polar surface area (TPSA) is 108 Å². The van der Waals surface area contributed by atoms with Gasteiger partial charge < -0.3 is 23.5 Å². The summed E-state index contributed by atoms with van der Waals surface area (Å²) in [6.07, 6.45) is 5.82. The highest BCUT2D eigenvalue weighted by molar-refractivity contribution is 5.87. The van der Waals surface area contributed by atoms with Crippen LogP contribution in [0.4, 0.5) is 0 Å². The molecule has 0 bridgehead atoms. The van der Waals surface area contributed by atoms with Crippen LogP contribution in [0.2, 0.25) is 0 Å². The zero-order valence-electron chi connectivity index (χ0n) is 22.1. The number of hydrogen-bond donors (Lipinski definition) is 0. The Labute approximate surface area is 232 Å². The highest BCUT2D eigenvalue weighted by Gasteiger charge is 2.18. The molecular weight excluding hydrogens is 508 g/mol. The first-order chi connectivity index (χ1) is 19.6. The van der Waals surface area contributed by atoms with Crippen LogP contribution in [0.1, 0.15) is 36.5 Å². The minimum Gasteiger partial charge on any atom is -0.493 e. The number of benzene rings is 3. The number of ether oxygens (including phenoxy) is 4. The summed E-state index contributed by atoms with van der Waals surface area (Å²) in [5.74, 6) is 3.36. The summed E-state index contributed by atoms with van der Waals surface area (Å²) in [7, 11) is 1.49. The second-order valence-electron chi connectivity index (χ2n) is 9.13. The number of rotatable bonds is 9. The summed E-state index contributed by atoms with van der Waals surface area (Å²) >= 11 is 0. The van der Waals surface area contributed by atoms with Gasteiger partial charge in [0.15, 0.2) is 23.9 Å². The van der Waals surface area contributed by atoms with Crippen LogP contribution in [0.15, 0.2) is 72.8 Å². The molecule has 0 saturated heterocycles. The molecule has 5 rings (SSSR count). The molecule has 2 heterocycles. The molecule has 1 aliphatic rings. The average Bonchev–Trinajstić information content (AvgIpc) is 3.23. The molecule has 0 atom stereocenters. The van der Waals surface area contributed by atoms with Gasteiger partial charge in [-0.05, 0) is 73.0 Å². The molecule has 9 nitrogen and oxygen atoms in total. The molecule has 0 unspecified atom stereocenters. The molecule has 0 amide bonds. The van der Waals surface area contributed by atoms with E-state index in [1.807, 2.05) is 34.9 Å². The Morgan fingerprint density at radius 3 is 2.50 bits per heavy atom. The van der Waals surface area contributed by atoms with Crippen molar-refractivity contribution >= 4 is 17.6 Å². The number of para-hydroxylation sites is 1. The zero-order valence-corrected chi connectivity index (χ0v) is 22.1. The van der Waals surface area contributed by atoms with Gasteiger partial charge in [0, 0.05) is 13.0 Å². The third-order valence-electron chi connectivity index (χ3n) is 6.35. The molecule has 0 fully saturated rings. The molecule has 1 aliphatic heterocycles. The van der Waals surface area contributed by atoms with E-state index in [9.17, 15) is 10.1 Å². The van der Waals surface area contributed by atoms with E-state index in [2.05, 4.69) is 16.3 Å². The maximum Gasteiger partial charge on any atom is 0.349 e. The molecule has 0 radical (unpaired) electrons. The number of hydrogen-bond acceptors (Lipinski definition) is 8. The molecule has 0 spiro atoms. The molecular formula is C31H28N4O5. The average molecular weight is 537 g/mol. The Bertz CT molecular complexity index is 1540. The van der Waals surface area contributed by atoms with E-state index in [-0.39, 0.29) is 12.4 Å². The molecule has 0 N–H and O–H groups in total. The van der Waals surface area contributed by atoms with Crippen LogP contribution < -0.4 is 18.9 Å². The number of fused-ring (bicyclic) bond motifs is 1. The van der Waals surface area contributed by atoms with E-state index in [0.717, 1.165) is 43.8 Å². The lowest BCUT2D eigenvalue weighted by Crippen LogP contribution is -2.18. The van der Waals surface area contributed by atoms with Gasteiger partial charge in [0.2, 0.25) is 0 Å². The van der Waals surface area contributed by atoms with Crippen molar-refractivity contribution < 1.29 is 23.7 Å². The Kier molecular flexibility index (Phi) is 8.37. The standard InChI is InChI=1S/C31H28N4O5/c1-37-28-19-22(18-23(20-32)31-34-33-29-10-6-3-7-17-35(29)31)11-16-27(28)40-30(36)21-38-24-12-14-26(15-13-24)39-25-8-4-2-5-9-25/h2,4-5,8-9,11-16,18-19H,3,6-7,10,17,21H2,1H3/b23-18-. The third-order valence-corrected chi connectivity index (χ3v) is 6.35. The van der Waals surface area contributed by atoms with Gasteiger partial charge in [0.25, 0.3) is 0 Å². The van der Waals surface area contributed by atoms with Crippen molar-refractivity contribution in [3.05, 3.63) is 90.0 Å². The Hall–Kier alpha value is -5.10. The molecule has 0 saturated carbocycles. The maximum atomic E-state index is 12.5. The van der Waals surface area contributed by atoms with Gasteiger partial charge in [-0.2, -0.15) is 5.26 Å². The summed E-state index contributed by atoms with van der Waals surface area (Å²) in [6.45, 7) is 0.503. The van der Waals surface area contributed by atoms with Crippen molar-refractivity contribution in [3.63, 3.8) is 0 Å². The van der Waals surface area contributed by atoms with E-state index in [1.165, 1.54) is 7.11 Å². The van der Waals surface area contributed by atoms with Crippen molar-refractivity contribution in [1.29, 1.82) is 5.26 Å². The van der Waals surface area contributed by atoms with Crippen LogP contribution >= 0.6 is 0 Å². The summed E-state index contributed by atoms with van der Waals surface area (Å²) in [5.41, 5.74) is 1.11. The van der Waals surface area contributed by atoms with Gasteiger partial charge in [-0.1, -0.05) is 30.7 Å². The van der Waals surface area contributed by atoms with Crippen LogP contribution in [-0.4, -0.2) is 34.5 Å². The van der Waals surface area contributed by atoms with E-state index in [4.69, 9.17) is 18.9 Å². The van der Waals surface area contributed by atoms with Gasteiger partial charge in [-0.25, -0.2) is 4.79 Å². The second kappa shape index (κ2) is 12.6. The largest absolute Gasteiger partial charge is 0.493 e. The molecule has 202 valence electrons. The Morgan fingerprint density at radius 2 is 1.73 bits per heavy atom. The molecule has 3 aromatic carbocycles. The number of nitrogens with zero attached hydrogens (tertiary/aromatic N) is 4. The fourth-order valence-corrected chi connectivity index (χ4v) is 4.38. The lowest BCUT2D eigenvalue weighted by Gasteiger charge is -2.11. The number of aromatic nitrogens is 3. The predicted molar refractivity (Wildman–Crippen MR) is 148 cm³/mol. The quantitative estimate of drug-likeness (QED) is 0.149. The highest BCUT2D eigenvalue weighted by Crippen LogP contribution is 2.30. The number of carbonyl (C=O) groups is 1. The Balaban J connectivity index is 1.21. The number of esters is 1. The summed E-state index contributed by atoms with van der Waals surface area (Å²) in [6, 6.07) is 23.7. The fraction of sp³-hybridized carbons (Fsp3) is 0.226. The summed E-state index contributed by atoms with van der Waals surface area (Å²) in [4.78, 5) is 12.5. The van der Waals surface area contributed by atoms with E-state index in [0.29, 0.717) is 34.2 Å². The number of aryl methyl sites for hydroxylation is 1. The monoisotopic (exact) mass is 536 g/mol. The van der Waals surface area contributed by atoms with E-state index in [1.54, 1.807) is 48.5 Å². The molecule has 9 heteroatoms. The van der Waals surface area contributed by atoms with Crippen molar-refractivity contribution in [2.75, 3.05) is 13.7 Å². The van der Waals surface area contributed by atoms with Gasteiger partial charge in [-0.15, -0.1) is 10.2 Å². The smallest absolute Gasteiger partial charge is 0.349 e. The van der Waals surface area contributed by atoms with Crippen LogP contribution in [-0.2, 0) is 17.8 Å². The van der Waals surface area contributed by atoms with Crippen LogP contribution in [0.5, 0.6) is 28.7 Å². The molecule has 4 aromatic rings. The fourth-order valence-electron chi connectivity index (χ4n) is 4.38. The lowest BCUT2D eigenvalue weighted by molar-refractivity contribution is -0.136. The van der Waals surface area contributed by atoms with E-state index < -0.39 is 5.97 Å². The van der Waals surface area contributed by atoms with Crippen LogP contribution in [0.3, 0.4) is 0 Å². The van der Waals surface area contributed by atoms with Gasteiger partial charge in [-0.3, -0.25) is 0 Å². The van der Waals surface area contributed by atoms with Gasteiger partial charge in [0.1, 0.15) is 29.1 Å². The normalized spacial score (nSPS) is 12.9. The second-order valence-corrected chi connectivity index (χ2v) is 9.13. The van der Waals surface area contributed by atoms with Crippen molar-refractivity contribution in [1.82, 2.24) is 14.8 Å². The van der Waals surface area contributed by atoms with Gasteiger partial charge >= 0.3 is 5.97 Å². The third kappa shape index (κ3) is 6.48. The maximum absolute atomic E-state index is 12.5. The first-order valence-corrected chi connectivity index (χ1v) is 13.0. The minimum absolute atomic E-state index is 0.245. The summed E-state index contributed by atoms with van der Waals surface area (Å²) < 4.78 is 24.3. The number of nitriles is 1. The molecule has 0 aliphatic carbocycles. The number of carbonyl (C=O) groups excluding carboxylic acids is 1. The zero-order chi connectivity index (χ0) is 27.7. The molecule has 40 heavy (non-hydrogen) atoms. The van der Waals surface area contributed by atoms with E-state index >= 15 is 0 Å². The van der Waals surface area contributed by atoms with Crippen molar-refractivity contribution in [3.8, 4) is 34.8 Å².